The molecule has 0 saturated carbocycles. The van der Waals surface area contributed by atoms with Crippen molar-refractivity contribution in [2.75, 3.05) is 0 Å². The van der Waals surface area contributed by atoms with Crippen LogP contribution in [0.4, 0.5) is 4.39 Å². The van der Waals surface area contributed by atoms with Crippen LogP contribution in [0.2, 0.25) is 10.0 Å². The van der Waals surface area contributed by atoms with Crippen molar-refractivity contribution in [3.63, 3.8) is 0 Å². The van der Waals surface area contributed by atoms with Gasteiger partial charge in [-0.2, -0.15) is 0 Å². The molecule has 0 spiro atoms. The maximum absolute atomic E-state index is 13.3. The maximum atomic E-state index is 13.3. The zero-order valence-electron chi connectivity index (χ0n) is 14.8. The Hall–Kier alpha value is -2.09. The van der Waals surface area contributed by atoms with Gasteiger partial charge in [0.15, 0.2) is 5.16 Å². The molecule has 0 unspecified atom stereocenters. The zero-order chi connectivity index (χ0) is 19.8. The number of rotatable bonds is 5. The molecule has 28 heavy (non-hydrogen) atoms. The van der Waals surface area contributed by atoms with E-state index >= 15 is 0 Å². The lowest BCUT2D eigenvalue weighted by atomic mass is 10.2. The van der Waals surface area contributed by atoms with E-state index in [1.165, 1.54) is 23.9 Å². The summed E-state index contributed by atoms with van der Waals surface area (Å²) in [6.45, 7) is 2.53. The molecule has 0 aliphatic heterocycles. The first kappa shape index (κ1) is 19.2. The van der Waals surface area contributed by atoms with Crippen molar-refractivity contribution < 1.29 is 4.39 Å². The smallest absolute Gasteiger partial charge is 0.262 e. The lowest BCUT2D eigenvalue weighted by Gasteiger charge is -2.11. The van der Waals surface area contributed by atoms with E-state index in [-0.39, 0.29) is 11.4 Å². The van der Waals surface area contributed by atoms with E-state index in [0.717, 1.165) is 12.0 Å². The Morgan fingerprint density at radius 2 is 1.96 bits per heavy atom. The second-order valence-corrected chi connectivity index (χ2v) is 8.05. The van der Waals surface area contributed by atoms with Crippen LogP contribution in [0.3, 0.4) is 0 Å². The van der Waals surface area contributed by atoms with Crippen molar-refractivity contribution in [3.05, 3.63) is 68.2 Å². The molecule has 0 atom stereocenters. The molecule has 2 aromatic heterocycles. The average molecular weight is 437 g/mol. The molecular weight excluding hydrogens is 422 g/mol. The number of thioether (sulfide) groups is 1. The van der Waals surface area contributed by atoms with Crippen molar-refractivity contribution >= 4 is 51.6 Å². The quantitative estimate of drug-likeness (QED) is 0.403. The minimum absolute atomic E-state index is 0.119. The van der Waals surface area contributed by atoms with E-state index in [1.807, 2.05) is 11.3 Å². The van der Waals surface area contributed by atoms with Gasteiger partial charge in [-0.1, -0.05) is 48.0 Å². The number of nitrogens with zero attached hydrogens (tertiary/aromatic N) is 4. The summed E-state index contributed by atoms with van der Waals surface area (Å²) in [5.41, 5.74) is 1.32. The molecule has 2 heterocycles. The number of fused-ring (bicyclic) bond motifs is 3. The highest BCUT2D eigenvalue weighted by Gasteiger charge is 2.17. The number of benzene rings is 2. The van der Waals surface area contributed by atoms with Gasteiger partial charge in [0.2, 0.25) is 5.78 Å². The van der Waals surface area contributed by atoms with Gasteiger partial charge in [0.05, 0.1) is 10.9 Å². The summed E-state index contributed by atoms with van der Waals surface area (Å²) in [6, 6.07) is 9.46. The summed E-state index contributed by atoms with van der Waals surface area (Å²) in [5, 5.41) is 10.6. The number of hydrogen-bond acceptors (Lipinski definition) is 4. The van der Waals surface area contributed by atoms with E-state index in [9.17, 15) is 9.18 Å². The highest BCUT2D eigenvalue weighted by molar-refractivity contribution is 7.98. The predicted molar refractivity (Wildman–Crippen MR) is 111 cm³/mol. The van der Waals surface area contributed by atoms with Crippen LogP contribution < -0.4 is 5.56 Å². The van der Waals surface area contributed by atoms with E-state index < -0.39 is 0 Å². The predicted octanol–water partition coefficient (Wildman–Crippen LogP) is 5.19. The molecule has 4 rings (SSSR count). The topological polar surface area (TPSA) is 52.2 Å². The molecule has 0 bridgehead atoms. The van der Waals surface area contributed by atoms with Crippen LogP contribution in [0.15, 0.2) is 46.3 Å². The fourth-order valence-corrected chi connectivity index (χ4v) is 4.48. The zero-order valence-corrected chi connectivity index (χ0v) is 17.2. The molecule has 4 aromatic rings. The lowest BCUT2D eigenvalue weighted by molar-refractivity contribution is 0.627. The van der Waals surface area contributed by atoms with E-state index in [0.29, 0.717) is 44.2 Å². The first-order chi connectivity index (χ1) is 13.5. The minimum Gasteiger partial charge on any atom is -0.276 e. The van der Waals surface area contributed by atoms with E-state index in [4.69, 9.17) is 23.2 Å². The van der Waals surface area contributed by atoms with Crippen LogP contribution in [-0.4, -0.2) is 19.2 Å². The molecule has 0 aliphatic carbocycles. The van der Waals surface area contributed by atoms with Crippen molar-refractivity contribution in [2.45, 2.75) is 30.8 Å². The van der Waals surface area contributed by atoms with Gasteiger partial charge in [-0.05, 0) is 42.3 Å². The Labute approximate surface area is 174 Å². The van der Waals surface area contributed by atoms with Gasteiger partial charge in [-0.25, -0.2) is 4.39 Å². The Bertz CT molecular complexity index is 1250. The van der Waals surface area contributed by atoms with Gasteiger partial charge in [-0.15, -0.1) is 10.2 Å². The average Bonchev–Trinajstić information content (AvgIpc) is 3.08. The maximum Gasteiger partial charge on any atom is 0.262 e. The largest absolute Gasteiger partial charge is 0.276 e. The van der Waals surface area contributed by atoms with Crippen molar-refractivity contribution in [1.29, 1.82) is 0 Å². The van der Waals surface area contributed by atoms with Crippen LogP contribution >= 0.6 is 35.0 Å². The number of hydrogen-bond donors (Lipinski definition) is 0. The van der Waals surface area contributed by atoms with Crippen molar-refractivity contribution in [2.24, 2.45) is 0 Å². The number of halogens is 3. The second kappa shape index (κ2) is 7.73. The van der Waals surface area contributed by atoms with Gasteiger partial charge < -0.3 is 0 Å². The molecular formula is C19H15Cl2FN4OS. The van der Waals surface area contributed by atoms with Gasteiger partial charge in [0, 0.05) is 22.3 Å². The fourth-order valence-electron chi connectivity index (χ4n) is 3.05. The Kier molecular flexibility index (Phi) is 5.31. The van der Waals surface area contributed by atoms with Gasteiger partial charge in [-0.3, -0.25) is 13.8 Å². The highest BCUT2D eigenvalue weighted by Crippen LogP contribution is 2.28. The van der Waals surface area contributed by atoms with Crippen LogP contribution in [0, 0.1) is 5.82 Å². The van der Waals surface area contributed by atoms with Crippen LogP contribution in [-0.2, 0) is 12.3 Å². The summed E-state index contributed by atoms with van der Waals surface area (Å²) in [6.07, 6.45) is 0.787. The summed E-state index contributed by atoms with van der Waals surface area (Å²) in [4.78, 5) is 12.9. The Morgan fingerprint density at radius 1 is 1.14 bits per heavy atom. The summed E-state index contributed by atoms with van der Waals surface area (Å²) in [7, 11) is 0. The highest BCUT2D eigenvalue weighted by atomic mass is 35.5. The fraction of sp³-hybridized carbons (Fsp3) is 0.211. The standard InChI is InChI=1S/C19H15Cl2FN4OS/c1-2-7-25-17(27)14-6-4-12(20)8-16(14)26-18(25)23-24-19(26)28-10-11-3-5-13(22)9-15(11)21/h3-6,8-9H,2,7,10H2,1H3. The molecule has 144 valence electrons. The van der Waals surface area contributed by atoms with E-state index in [1.54, 1.807) is 28.8 Å². The monoisotopic (exact) mass is 436 g/mol. The Morgan fingerprint density at radius 3 is 2.71 bits per heavy atom. The van der Waals surface area contributed by atoms with Crippen molar-refractivity contribution in [1.82, 2.24) is 19.2 Å². The first-order valence-electron chi connectivity index (χ1n) is 8.63. The molecule has 0 radical (unpaired) electrons. The molecule has 0 saturated heterocycles. The van der Waals surface area contributed by atoms with Gasteiger partial charge >= 0.3 is 0 Å². The van der Waals surface area contributed by atoms with Crippen LogP contribution in [0.25, 0.3) is 16.7 Å². The van der Waals surface area contributed by atoms with Gasteiger partial charge in [0.25, 0.3) is 5.56 Å². The SMILES string of the molecule is CCCn1c(=O)c2ccc(Cl)cc2n2c(SCc3ccc(F)cc3Cl)nnc12. The molecule has 0 fully saturated rings. The summed E-state index contributed by atoms with van der Waals surface area (Å²) >= 11 is 13.7. The number of aryl methyl sites for hydroxylation is 1. The summed E-state index contributed by atoms with van der Waals surface area (Å²) < 4.78 is 16.7. The lowest BCUT2D eigenvalue weighted by Crippen LogP contribution is -2.23. The molecule has 0 N–H and O–H groups in total. The minimum atomic E-state index is -0.379. The van der Waals surface area contributed by atoms with Crippen LogP contribution in [0.1, 0.15) is 18.9 Å². The normalized spacial score (nSPS) is 11.6. The second-order valence-electron chi connectivity index (χ2n) is 6.26. The van der Waals surface area contributed by atoms with Crippen LogP contribution in [0.5, 0.6) is 0 Å². The summed E-state index contributed by atoms with van der Waals surface area (Å²) in [5.74, 6) is 0.569. The molecule has 9 heteroatoms. The van der Waals surface area contributed by atoms with E-state index in [2.05, 4.69) is 10.2 Å². The third-order valence-corrected chi connectivity index (χ3v) is 5.92. The third kappa shape index (κ3) is 3.38. The van der Waals surface area contributed by atoms with Crippen molar-refractivity contribution in [3.8, 4) is 0 Å². The molecule has 0 aliphatic rings. The molecule has 5 nitrogen and oxygen atoms in total. The molecule has 2 aromatic carbocycles. The van der Waals surface area contributed by atoms with Gasteiger partial charge in [0.1, 0.15) is 5.82 Å². The number of aromatic nitrogens is 4. The first-order valence-corrected chi connectivity index (χ1v) is 10.4. The Balaban J connectivity index is 1.86. The third-order valence-electron chi connectivity index (χ3n) is 4.35. The molecule has 0 amide bonds.